The van der Waals surface area contributed by atoms with Crippen molar-refractivity contribution in [1.29, 1.82) is 0 Å². The molecule has 144 valence electrons. The van der Waals surface area contributed by atoms with Crippen LogP contribution in [-0.2, 0) is 9.59 Å². The van der Waals surface area contributed by atoms with E-state index in [0.29, 0.717) is 16.0 Å². The Morgan fingerprint density at radius 2 is 1.79 bits per heavy atom. The molecule has 3 aromatic rings. The molecule has 0 radical (unpaired) electrons. The highest BCUT2D eigenvalue weighted by Crippen LogP contribution is 2.28. The van der Waals surface area contributed by atoms with E-state index < -0.39 is 5.91 Å². The first-order valence-electron chi connectivity index (χ1n) is 8.40. The summed E-state index contributed by atoms with van der Waals surface area (Å²) in [6.45, 7) is 1.81. The number of hydrogen-bond donors (Lipinski definition) is 2. The van der Waals surface area contributed by atoms with Gasteiger partial charge >= 0.3 is 0 Å². The first-order valence-corrected chi connectivity index (χ1v) is 9.76. The molecule has 7 nitrogen and oxygen atoms in total. The zero-order valence-corrected chi connectivity index (χ0v) is 16.6. The third kappa shape index (κ3) is 4.90. The summed E-state index contributed by atoms with van der Waals surface area (Å²) < 4.78 is 1.88. The van der Waals surface area contributed by atoms with Gasteiger partial charge in [-0.25, -0.2) is 0 Å². The number of carbonyl (C=O) groups excluding carboxylic acids is 2. The van der Waals surface area contributed by atoms with Crippen molar-refractivity contribution in [3.63, 3.8) is 0 Å². The molecule has 1 heterocycles. The van der Waals surface area contributed by atoms with E-state index in [2.05, 4.69) is 15.5 Å². The minimum Gasteiger partial charge on any atom is -0.368 e. The Balaban J connectivity index is 1.91. The standard InChI is InChI=1S/C19H18ClN5O2S/c1-12-2-8-15(9-3-12)25-18(13-4-6-14(20)7-5-13)23-24-19(25)28-11-17(27)22-10-16(21)26/h2-9H,10-11H2,1H3,(H2,21,26)(H,22,27). The van der Waals surface area contributed by atoms with Crippen molar-refractivity contribution in [2.75, 3.05) is 12.3 Å². The van der Waals surface area contributed by atoms with E-state index in [1.165, 1.54) is 11.8 Å². The molecule has 0 bridgehead atoms. The molecule has 0 spiro atoms. The maximum atomic E-state index is 11.9. The van der Waals surface area contributed by atoms with E-state index in [-0.39, 0.29) is 18.2 Å². The van der Waals surface area contributed by atoms with Gasteiger partial charge in [0.1, 0.15) is 0 Å². The summed E-state index contributed by atoms with van der Waals surface area (Å²) in [5, 5.41) is 12.2. The zero-order chi connectivity index (χ0) is 20.1. The lowest BCUT2D eigenvalue weighted by atomic mass is 10.2. The zero-order valence-electron chi connectivity index (χ0n) is 15.1. The molecular weight excluding hydrogens is 398 g/mol. The van der Waals surface area contributed by atoms with Crippen LogP contribution in [0.5, 0.6) is 0 Å². The second kappa shape index (κ2) is 8.90. The lowest BCUT2D eigenvalue weighted by Crippen LogP contribution is -2.34. The number of nitrogens with zero attached hydrogens (tertiary/aromatic N) is 3. The molecule has 0 aliphatic carbocycles. The predicted octanol–water partition coefficient (Wildman–Crippen LogP) is 2.59. The van der Waals surface area contributed by atoms with Crippen molar-refractivity contribution >= 4 is 35.2 Å². The van der Waals surface area contributed by atoms with Gasteiger partial charge in [0.05, 0.1) is 12.3 Å². The highest BCUT2D eigenvalue weighted by molar-refractivity contribution is 7.99. The maximum Gasteiger partial charge on any atom is 0.236 e. The van der Waals surface area contributed by atoms with Crippen LogP contribution in [0, 0.1) is 6.92 Å². The van der Waals surface area contributed by atoms with Crippen LogP contribution < -0.4 is 11.1 Å². The van der Waals surface area contributed by atoms with Gasteiger partial charge in [-0.3, -0.25) is 14.2 Å². The molecule has 0 fully saturated rings. The summed E-state index contributed by atoms with van der Waals surface area (Å²) in [5.74, 6) is -0.181. The van der Waals surface area contributed by atoms with Crippen molar-refractivity contribution in [1.82, 2.24) is 20.1 Å². The van der Waals surface area contributed by atoms with E-state index in [1.807, 2.05) is 47.9 Å². The highest BCUT2D eigenvalue weighted by atomic mass is 35.5. The van der Waals surface area contributed by atoms with Gasteiger partial charge in [0.25, 0.3) is 0 Å². The number of aromatic nitrogens is 3. The second-order valence-corrected chi connectivity index (χ2v) is 7.39. The maximum absolute atomic E-state index is 11.9. The fraction of sp³-hybridized carbons (Fsp3) is 0.158. The number of hydrogen-bond acceptors (Lipinski definition) is 5. The monoisotopic (exact) mass is 415 g/mol. The van der Waals surface area contributed by atoms with Crippen LogP contribution in [0.15, 0.2) is 53.7 Å². The molecule has 2 amide bonds. The van der Waals surface area contributed by atoms with Gasteiger partial charge in [0, 0.05) is 16.3 Å². The lowest BCUT2D eigenvalue weighted by Gasteiger charge is -2.11. The molecule has 0 unspecified atom stereocenters. The SMILES string of the molecule is Cc1ccc(-n2c(SCC(=O)NCC(N)=O)nnc2-c2ccc(Cl)cc2)cc1. The van der Waals surface area contributed by atoms with E-state index >= 15 is 0 Å². The van der Waals surface area contributed by atoms with Gasteiger partial charge in [-0.15, -0.1) is 10.2 Å². The summed E-state index contributed by atoms with van der Waals surface area (Å²) in [5.41, 5.74) is 7.90. The molecule has 1 aromatic heterocycles. The van der Waals surface area contributed by atoms with Crippen LogP contribution in [-0.4, -0.2) is 38.9 Å². The quantitative estimate of drug-likeness (QED) is 0.577. The van der Waals surface area contributed by atoms with Gasteiger partial charge in [-0.05, 0) is 43.3 Å². The van der Waals surface area contributed by atoms with Crippen molar-refractivity contribution in [3.05, 3.63) is 59.1 Å². The van der Waals surface area contributed by atoms with Crippen molar-refractivity contribution in [3.8, 4) is 17.1 Å². The molecule has 3 rings (SSSR count). The number of amides is 2. The molecule has 28 heavy (non-hydrogen) atoms. The molecule has 9 heteroatoms. The Hall–Kier alpha value is -2.84. The number of thioether (sulfide) groups is 1. The highest BCUT2D eigenvalue weighted by Gasteiger charge is 2.17. The number of nitrogens with one attached hydrogen (secondary N) is 1. The topological polar surface area (TPSA) is 103 Å². The van der Waals surface area contributed by atoms with Gasteiger partial charge in [-0.2, -0.15) is 0 Å². The van der Waals surface area contributed by atoms with E-state index in [0.717, 1.165) is 16.8 Å². The number of benzene rings is 2. The Labute approximate surface area is 171 Å². The molecular formula is C19H18ClN5O2S. The van der Waals surface area contributed by atoms with Gasteiger partial charge in [0.2, 0.25) is 11.8 Å². The smallest absolute Gasteiger partial charge is 0.236 e. The number of primary amides is 1. The fourth-order valence-corrected chi connectivity index (χ4v) is 3.35. The third-order valence-corrected chi connectivity index (χ3v) is 5.00. The first kappa shape index (κ1) is 19.9. The summed E-state index contributed by atoms with van der Waals surface area (Å²) in [6, 6.07) is 15.2. The minimum absolute atomic E-state index is 0.0812. The average Bonchev–Trinajstić information content (AvgIpc) is 3.10. The van der Waals surface area contributed by atoms with Crippen LogP contribution in [0.25, 0.3) is 17.1 Å². The molecule has 0 saturated heterocycles. The van der Waals surface area contributed by atoms with Crippen LogP contribution in [0.2, 0.25) is 5.02 Å². The van der Waals surface area contributed by atoms with E-state index in [9.17, 15) is 9.59 Å². The lowest BCUT2D eigenvalue weighted by molar-refractivity contribution is -0.123. The van der Waals surface area contributed by atoms with Gasteiger partial charge < -0.3 is 11.1 Å². The van der Waals surface area contributed by atoms with Crippen LogP contribution in [0.1, 0.15) is 5.56 Å². The molecule has 0 atom stereocenters. The Bertz CT molecular complexity index is 987. The van der Waals surface area contributed by atoms with Crippen LogP contribution in [0.4, 0.5) is 0 Å². The summed E-state index contributed by atoms with van der Waals surface area (Å²) in [4.78, 5) is 22.7. The molecule has 0 aliphatic heterocycles. The number of rotatable bonds is 7. The summed E-state index contributed by atoms with van der Waals surface area (Å²) in [6.07, 6.45) is 0. The molecule has 3 N–H and O–H groups in total. The van der Waals surface area contributed by atoms with Crippen molar-refractivity contribution in [2.45, 2.75) is 12.1 Å². The van der Waals surface area contributed by atoms with Crippen LogP contribution >= 0.6 is 23.4 Å². The number of nitrogens with two attached hydrogens (primary N) is 1. The van der Waals surface area contributed by atoms with Crippen LogP contribution in [0.3, 0.4) is 0 Å². The molecule has 2 aromatic carbocycles. The van der Waals surface area contributed by atoms with Crippen molar-refractivity contribution < 1.29 is 9.59 Å². The second-order valence-electron chi connectivity index (χ2n) is 6.02. The minimum atomic E-state index is -0.591. The molecule has 0 saturated carbocycles. The number of aryl methyl sites for hydroxylation is 1. The summed E-state index contributed by atoms with van der Waals surface area (Å²) >= 11 is 7.21. The predicted molar refractivity (Wildman–Crippen MR) is 109 cm³/mol. The summed E-state index contributed by atoms with van der Waals surface area (Å²) in [7, 11) is 0. The number of halogens is 1. The molecule has 0 aliphatic rings. The van der Waals surface area contributed by atoms with Crippen molar-refractivity contribution in [2.24, 2.45) is 5.73 Å². The van der Waals surface area contributed by atoms with E-state index in [1.54, 1.807) is 12.1 Å². The fourth-order valence-electron chi connectivity index (χ4n) is 2.44. The number of carbonyl (C=O) groups is 2. The largest absolute Gasteiger partial charge is 0.368 e. The normalized spacial score (nSPS) is 10.6. The van der Waals surface area contributed by atoms with Gasteiger partial charge in [0.15, 0.2) is 11.0 Å². The third-order valence-electron chi connectivity index (χ3n) is 3.82. The average molecular weight is 416 g/mol. The van der Waals surface area contributed by atoms with E-state index in [4.69, 9.17) is 17.3 Å². The Morgan fingerprint density at radius 3 is 2.43 bits per heavy atom. The van der Waals surface area contributed by atoms with Gasteiger partial charge in [-0.1, -0.05) is 41.1 Å². The first-order chi connectivity index (χ1) is 13.4. The Kier molecular flexibility index (Phi) is 6.33. The Morgan fingerprint density at radius 1 is 1.11 bits per heavy atom.